The van der Waals surface area contributed by atoms with Gasteiger partial charge in [-0.15, -0.1) is 11.3 Å². The Hall–Kier alpha value is -1.18. The number of nitrogens with one attached hydrogen (secondary N) is 1. The number of thiophene rings is 1. The van der Waals surface area contributed by atoms with Crippen molar-refractivity contribution in [3.63, 3.8) is 0 Å². The molecule has 1 saturated heterocycles. The SMILES string of the molecule is COC(=O)c1c(NC(=S)N2CCN(C)CC2)sc2c1CCCCC2. The number of piperazine rings is 1. The van der Waals surface area contributed by atoms with Gasteiger partial charge in [-0.3, -0.25) is 0 Å². The number of aryl methyl sites for hydroxylation is 1. The number of anilines is 1. The Morgan fingerprint density at radius 2 is 1.88 bits per heavy atom. The van der Waals surface area contributed by atoms with Gasteiger partial charge in [0.1, 0.15) is 5.00 Å². The lowest BCUT2D eigenvalue weighted by Gasteiger charge is -2.34. The van der Waals surface area contributed by atoms with Gasteiger partial charge in [0, 0.05) is 31.1 Å². The molecule has 2 heterocycles. The van der Waals surface area contributed by atoms with Gasteiger partial charge >= 0.3 is 5.97 Å². The summed E-state index contributed by atoms with van der Waals surface area (Å²) in [6.45, 7) is 3.85. The number of rotatable bonds is 2. The predicted molar refractivity (Wildman–Crippen MR) is 102 cm³/mol. The van der Waals surface area contributed by atoms with Gasteiger partial charge in [-0.1, -0.05) is 6.42 Å². The molecule has 0 amide bonds. The summed E-state index contributed by atoms with van der Waals surface area (Å²) in [5.74, 6) is -0.252. The zero-order chi connectivity index (χ0) is 17.1. The fraction of sp³-hybridized carbons (Fsp3) is 0.647. The summed E-state index contributed by atoms with van der Waals surface area (Å²) in [5.41, 5.74) is 1.88. The van der Waals surface area contributed by atoms with Crippen molar-refractivity contribution < 1.29 is 9.53 Å². The van der Waals surface area contributed by atoms with Crippen LogP contribution in [0.2, 0.25) is 0 Å². The van der Waals surface area contributed by atoms with Crippen LogP contribution in [-0.2, 0) is 17.6 Å². The minimum atomic E-state index is -0.252. The maximum atomic E-state index is 12.4. The summed E-state index contributed by atoms with van der Waals surface area (Å²) in [4.78, 5) is 18.2. The van der Waals surface area contributed by atoms with Crippen LogP contribution in [0.15, 0.2) is 0 Å². The monoisotopic (exact) mass is 367 g/mol. The molecule has 1 aliphatic heterocycles. The number of methoxy groups -OCH3 is 1. The topological polar surface area (TPSA) is 44.8 Å². The molecule has 132 valence electrons. The molecule has 1 aromatic heterocycles. The fourth-order valence-electron chi connectivity index (χ4n) is 3.33. The number of thiocarbonyl (C=S) groups is 1. The number of hydrogen-bond donors (Lipinski definition) is 1. The molecular weight excluding hydrogens is 342 g/mol. The van der Waals surface area contributed by atoms with Gasteiger partial charge in [-0.05, 0) is 50.5 Å². The molecule has 0 aromatic carbocycles. The van der Waals surface area contributed by atoms with E-state index in [2.05, 4.69) is 22.2 Å². The van der Waals surface area contributed by atoms with Crippen LogP contribution in [-0.4, -0.2) is 61.2 Å². The zero-order valence-corrected chi connectivity index (χ0v) is 16.0. The van der Waals surface area contributed by atoms with Gasteiger partial charge < -0.3 is 19.9 Å². The third-order valence-electron chi connectivity index (χ3n) is 4.82. The first-order valence-corrected chi connectivity index (χ1v) is 9.80. The second kappa shape index (κ2) is 7.80. The van der Waals surface area contributed by atoms with E-state index in [9.17, 15) is 4.79 Å². The van der Waals surface area contributed by atoms with Crippen molar-refractivity contribution in [3.05, 3.63) is 16.0 Å². The molecule has 0 atom stereocenters. The second-order valence-electron chi connectivity index (χ2n) is 6.48. The summed E-state index contributed by atoms with van der Waals surface area (Å²) in [7, 11) is 3.57. The number of likely N-dealkylation sites (N-methyl/N-ethyl adjacent to an activating group) is 1. The molecule has 5 nitrogen and oxygen atoms in total. The lowest BCUT2D eigenvalue weighted by atomic mass is 10.1. The molecule has 0 spiro atoms. The average Bonchev–Trinajstić information content (AvgIpc) is 2.76. The normalized spacial score (nSPS) is 18.7. The highest BCUT2D eigenvalue weighted by molar-refractivity contribution is 7.80. The predicted octanol–water partition coefficient (Wildman–Crippen LogP) is 2.75. The molecule has 1 aromatic rings. The Labute approximate surface area is 153 Å². The molecule has 0 bridgehead atoms. The zero-order valence-electron chi connectivity index (χ0n) is 14.4. The van der Waals surface area contributed by atoms with Gasteiger partial charge in [-0.25, -0.2) is 4.79 Å². The lowest BCUT2D eigenvalue weighted by molar-refractivity contribution is 0.0601. The average molecular weight is 368 g/mol. The minimum absolute atomic E-state index is 0.252. The second-order valence-corrected chi connectivity index (χ2v) is 7.97. The summed E-state index contributed by atoms with van der Waals surface area (Å²) < 4.78 is 5.05. The number of carbonyl (C=O) groups is 1. The van der Waals surface area contributed by atoms with Crippen molar-refractivity contribution in [2.24, 2.45) is 0 Å². The van der Waals surface area contributed by atoms with Crippen LogP contribution in [0.4, 0.5) is 5.00 Å². The van der Waals surface area contributed by atoms with E-state index in [1.54, 1.807) is 11.3 Å². The van der Waals surface area contributed by atoms with Gasteiger partial charge in [0.05, 0.1) is 12.7 Å². The number of nitrogens with zero attached hydrogens (tertiary/aromatic N) is 2. The summed E-state index contributed by atoms with van der Waals surface area (Å²) in [6, 6.07) is 0. The van der Waals surface area contributed by atoms with E-state index < -0.39 is 0 Å². The Morgan fingerprint density at radius 1 is 1.17 bits per heavy atom. The molecule has 2 aliphatic rings. The minimum Gasteiger partial charge on any atom is -0.465 e. The molecule has 1 fully saturated rings. The van der Waals surface area contributed by atoms with Gasteiger partial charge in [0.15, 0.2) is 5.11 Å². The van der Waals surface area contributed by atoms with Crippen LogP contribution in [0.3, 0.4) is 0 Å². The van der Waals surface area contributed by atoms with E-state index in [1.165, 1.54) is 30.4 Å². The van der Waals surface area contributed by atoms with Crippen LogP contribution in [0, 0.1) is 0 Å². The Morgan fingerprint density at radius 3 is 2.58 bits per heavy atom. The Kier molecular flexibility index (Phi) is 5.73. The largest absolute Gasteiger partial charge is 0.465 e. The van der Waals surface area contributed by atoms with E-state index >= 15 is 0 Å². The molecule has 24 heavy (non-hydrogen) atoms. The smallest absolute Gasteiger partial charge is 0.341 e. The maximum absolute atomic E-state index is 12.4. The number of esters is 1. The van der Waals surface area contributed by atoms with Crippen molar-refractivity contribution in [1.82, 2.24) is 9.80 Å². The number of ether oxygens (including phenoxy) is 1. The van der Waals surface area contributed by atoms with E-state index in [0.29, 0.717) is 10.7 Å². The number of carbonyl (C=O) groups excluding carboxylic acids is 1. The number of hydrogen-bond acceptors (Lipinski definition) is 5. The Bertz CT molecular complexity index is 622. The number of fused-ring (bicyclic) bond motifs is 1. The van der Waals surface area contributed by atoms with Gasteiger partial charge in [0.2, 0.25) is 0 Å². The van der Waals surface area contributed by atoms with E-state index in [4.69, 9.17) is 17.0 Å². The van der Waals surface area contributed by atoms with Crippen LogP contribution in [0.25, 0.3) is 0 Å². The quantitative estimate of drug-likeness (QED) is 0.493. The molecule has 7 heteroatoms. The van der Waals surface area contributed by atoms with Crippen LogP contribution in [0.5, 0.6) is 0 Å². The third-order valence-corrected chi connectivity index (χ3v) is 6.39. The molecule has 0 unspecified atom stereocenters. The van der Waals surface area contributed by atoms with Crippen molar-refractivity contribution in [2.45, 2.75) is 32.1 Å². The van der Waals surface area contributed by atoms with Gasteiger partial charge in [0.25, 0.3) is 0 Å². The van der Waals surface area contributed by atoms with Crippen LogP contribution in [0.1, 0.15) is 40.1 Å². The standard InChI is InChI=1S/C17H25N3O2S2/c1-19-8-10-20(11-9-19)17(23)18-15-14(16(21)22-2)12-6-4-3-5-7-13(12)24-15/h3-11H2,1-2H3,(H,18,23). The molecule has 0 radical (unpaired) electrons. The van der Waals surface area contributed by atoms with E-state index in [1.807, 2.05) is 0 Å². The summed E-state index contributed by atoms with van der Waals surface area (Å²) in [6.07, 6.45) is 5.56. The highest BCUT2D eigenvalue weighted by Gasteiger charge is 2.27. The first-order valence-electron chi connectivity index (χ1n) is 8.57. The van der Waals surface area contributed by atoms with Crippen molar-refractivity contribution in [3.8, 4) is 0 Å². The van der Waals surface area contributed by atoms with Crippen molar-refractivity contribution >= 4 is 39.6 Å². The molecule has 3 rings (SSSR count). The van der Waals surface area contributed by atoms with Gasteiger partial charge in [-0.2, -0.15) is 0 Å². The first-order chi connectivity index (χ1) is 11.6. The third kappa shape index (κ3) is 3.73. The molecule has 0 saturated carbocycles. The summed E-state index contributed by atoms with van der Waals surface area (Å²) in [5, 5.41) is 4.92. The molecular formula is C17H25N3O2S2. The highest BCUT2D eigenvalue weighted by atomic mass is 32.1. The van der Waals surface area contributed by atoms with Crippen LogP contribution < -0.4 is 5.32 Å². The molecule has 1 aliphatic carbocycles. The van der Waals surface area contributed by atoms with Crippen molar-refractivity contribution in [1.29, 1.82) is 0 Å². The Balaban J connectivity index is 1.82. The fourth-order valence-corrected chi connectivity index (χ4v) is 4.96. The van der Waals surface area contributed by atoms with Crippen LogP contribution >= 0.6 is 23.6 Å². The molecule has 1 N–H and O–H groups in total. The van der Waals surface area contributed by atoms with E-state index in [0.717, 1.165) is 50.4 Å². The highest BCUT2D eigenvalue weighted by Crippen LogP contribution is 2.38. The summed E-state index contributed by atoms with van der Waals surface area (Å²) >= 11 is 7.27. The van der Waals surface area contributed by atoms with E-state index in [-0.39, 0.29) is 5.97 Å². The maximum Gasteiger partial charge on any atom is 0.341 e. The van der Waals surface area contributed by atoms with Crippen molar-refractivity contribution in [2.75, 3.05) is 45.7 Å². The first kappa shape index (κ1) is 17.6. The lowest BCUT2D eigenvalue weighted by Crippen LogP contribution is -2.48.